The zero-order valence-corrected chi connectivity index (χ0v) is 17.1. The highest BCUT2D eigenvalue weighted by Crippen LogP contribution is 2.39. The Morgan fingerprint density at radius 2 is 1.79 bits per heavy atom. The van der Waals surface area contributed by atoms with E-state index in [0.29, 0.717) is 24.8 Å². The van der Waals surface area contributed by atoms with Crippen LogP contribution in [0.1, 0.15) is 58.8 Å². The van der Waals surface area contributed by atoms with E-state index in [0.717, 1.165) is 52.0 Å². The molecule has 1 amide bonds. The fraction of sp³-hybridized carbons (Fsp3) is 0.944. The highest BCUT2D eigenvalue weighted by atomic mass is 35.5. The molecule has 144 valence electrons. The first-order valence-corrected chi connectivity index (χ1v) is 9.32. The predicted molar refractivity (Wildman–Crippen MR) is 106 cm³/mol. The molecule has 1 aliphatic carbocycles. The quantitative estimate of drug-likeness (QED) is 0.735. The number of nitrogens with zero attached hydrogens (tertiary/aromatic N) is 2. The Kier molecular flexibility index (Phi) is 11.5. The van der Waals surface area contributed by atoms with E-state index in [-0.39, 0.29) is 30.2 Å². The fourth-order valence-electron chi connectivity index (χ4n) is 4.24. The first-order chi connectivity index (χ1) is 10.6. The molecule has 1 saturated carbocycles. The molecule has 6 heteroatoms. The fourth-order valence-corrected chi connectivity index (χ4v) is 4.24. The summed E-state index contributed by atoms with van der Waals surface area (Å²) >= 11 is 0. The van der Waals surface area contributed by atoms with Crippen LogP contribution in [-0.2, 0) is 4.79 Å². The predicted octanol–water partition coefficient (Wildman–Crippen LogP) is 3.32. The van der Waals surface area contributed by atoms with Crippen molar-refractivity contribution in [2.75, 3.05) is 39.3 Å². The van der Waals surface area contributed by atoms with Crippen molar-refractivity contribution in [3.8, 4) is 0 Å². The Hall–Kier alpha value is -0.0300. The minimum absolute atomic E-state index is 0. The number of amides is 1. The van der Waals surface area contributed by atoms with Gasteiger partial charge in [0.2, 0.25) is 5.91 Å². The van der Waals surface area contributed by atoms with Crippen LogP contribution in [0.3, 0.4) is 0 Å². The lowest BCUT2D eigenvalue weighted by Crippen LogP contribution is -2.40. The Balaban J connectivity index is 0.00000264. The Morgan fingerprint density at radius 3 is 2.33 bits per heavy atom. The summed E-state index contributed by atoms with van der Waals surface area (Å²) in [5.41, 5.74) is 6.14. The first-order valence-electron chi connectivity index (χ1n) is 9.32. The minimum atomic E-state index is 0. The molecule has 24 heavy (non-hydrogen) atoms. The standard InChI is InChI=1S/C18H35N3O.2ClH/c1-3-20(4-2)13-16-8-11-21(14-16)17(22)12-18(15-19)9-6-5-7-10-18;;/h16H,3-15,19H2,1-2H3;2*1H. The summed E-state index contributed by atoms with van der Waals surface area (Å²) in [7, 11) is 0. The van der Waals surface area contributed by atoms with Crippen LogP contribution in [0.5, 0.6) is 0 Å². The van der Waals surface area contributed by atoms with Crippen LogP contribution < -0.4 is 5.73 Å². The average molecular weight is 382 g/mol. The zero-order chi connectivity index (χ0) is 16.0. The number of halogens is 2. The molecule has 0 spiro atoms. The van der Waals surface area contributed by atoms with Crippen LogP contribution in [-0.4, -0.2) is 55.0 Å². The third-order valence-corrected chi connectivity index (χ3v) is 5.92. The van der Waals surface area contributed by atoms with Gasteiger partial charge >= 0.3 is 0 Å². The number of hydrogen-bond donors (Lipinski definition) is 1. The van der Waals surface area contributed by atoms with Gasteiger partial charge in [-0.2, -0.15) is 0 Å². The van der Waals surface area contributed by atoms with Gasteiger partial charge < -0.3 is 15.5 Å². The van der Waals surface area contributed by atoms with E-state index < -0.39 is 0 Å². The molecule has 1 heterocycles. The van der Waals surface area contributed by atoms with Crippen molar-refractivity contribution >= 4 is 30.7 Å². The van der Waals surface area contributed by atoms with Gasteiger partial charge in [0, 0.05) is 26.1 Å². The molecule has 0 aromatic rings. The smallest absolute Gasteiger partial charge is 0.223 e. The number of hydrogen-bond acceptors (Lipinski definition) is 3. The van der Waals surface area contributed by atoms with Gasteiger partial charge in [-0.05, 0) is 50.2 Å². The van der Waals surface area contributed by atoms with Crippen molar-refractivity contribution in [1.29, 1.82) is 0 Å². The van der Waals surface area contributed by atoms with Gasteiger partial charge in [0.15, 0.2) is 0 Å². The van der Waals surface area contributed by atoms with Gasteiger partial charge in [0.05, 0.1) is 0 Å². The number of carbonyl (C=O) groups is 1. The zero-order valence-electron chi connectivity index (χ0n) is 15.5. The van der Waals surface area contributed by atoms with Crippen molar-refractivity contribution in [3.63, 3.8) is 0 Å². The number of likely N-dealkylation sites (tertiary alicyclic amines) is 1. The van der Waals surface area contributed by atoms with Crippen molar-refractivity contribution in [2.24, 2.45) is 17.1 Å². The van der Waals surface area contributed by atoms with Crippen molar-refractivity contribution in [3.05, 3.63) is 0 Å². The van der Waals surface area contributed by atoms with E-state index in [1.165, 1.54) is 19.3 Å². The van der Waals surface area contributed by atoms with E-state index >= 15 is 0 Å². The molecule has 2 fully saturated rings. The minimum Gasteiger partial charge on any atom is -0.342 e. The summed E-state index contributed by atoms with van der Waals surface area (Å²) in [4.78, 5) is 17.3. The van der Waals surface area contributed by atoms with Crippen molar-refractivity contribution < 1.29 is 4.79 Å². The molecule has 4 nitrogen and oxygen atoms in total. The lowest BCUT2D eigenvalue weighted by Gasteiger charge is -2.36. The van der Waals surface area contributed by atoms with Gasteiger partial charge in [-0.25, -0.2) is 0 Å². The van der Waals surface area contributed by atoms with Crippen LogP contribution in [0.4, 0.5) is 0 Å². The summed E-state index contributed by atoms with van der Waals surface area (Å²) < 4.78 is 0. The maximum Gasteiger partial charge on any atom is 0.223 e. The largest absolute Gasteiger partial charge is 0.342 e. The highest BCUT2D eigenvalue weighted by Gasteiger charge is 2.36. The van der Waals surface area contributed by atoms with E-state index in [4.69, 9.17) is 5.73 Å². The Labute approximate surface area is 160 Å². The monoisotopic (exact) mass is 381 g/mol. The molecule has 1 saturated heterocycles. The lowest BCUT2D eigenvalue weighted by molar-refractivity contribution is -0.133. The van der Waals surface area contributed by atoms with Gasteiger partial charge in [-0.15, -0.1) is 24.8 Å². The van der Waals surface area contributed by atoms with Crippen molar-refractivity contribution in [2.45, 2.75) is 58.8 Å². The molecule has 1 atom stereocenters. The molecule has 2 rings (SSSR count). The number of carbonyl (C=O) groups excluding carboxylic acids is 1. The maximum absolute atomic E-state index is 12.7. The summed E-state index contributed by atoms with van der Waals surface area (Å²) in [6, 6.07) is 0. The van der Waals surface area contributed by atoms with E-state index in [2.05, 4.69) is 23.6 Å². The van der Waals surface area contributed by atoms with E-state index in [1.54, 1.807) is 0 Å². The van der Waals surface area contributed by atoms with Crippen LogP contribution in [0.2, 0.25) is 0 Å². The summed E-state index contributed by atoms with van der Waals surface area (Å²) in [6.45, 7) is 10.4. The third kappa shape index (κ3) is 6.36. The van der Waals surface area contributed by atoms with Crippen LogP contribution in [0, 0.1) is 11.3 Å². The van der Waals surface area contributed by atoms with Crippen molar-refractivity contribution in [1.82, 2.24) is 9.80 Å². The molecule has 1 aliphatic heterocycles. The molecule has 0 radical (unpaired) electrons. The van der Waals surface area contributed by atoms with E-state index in [1.807, 2.05) is 0 Å². The Morgan fingerprint density at radius 1 is 1.17 bits per heavy atom. The second kappa shape index (κ2) is 11.6. The van der Waals surface area contributed by atoms with Crippen LogP contribution in [0.25, 0.3) is 0 Å². The summed E-state index contributed by atoms with van der Waals surface area (Å²) in [5, 5.41) is 0. The molecule has 1 unspecified atom stereocenters. The van der Waals surface area contributed by atoms with Gasteiger partial charge in [0.25, 0.3) is 0 Å². The van der Waals surface area contributed by atoms with Gasteiger partial charge in [-0.1, -0.05) is 33.1 Å². The van der Waals surface area contributed by atoms with E-state index in [9.17, 15) is 4.79 Å². The molecule has 2 aliphatic rings. The molecule has 2 N–H and O–H groups in total. The first kappa shape index (κ1) is 24.0. The third-order valence-electron chi connectivity index (χ3n) is 5.92. The molecular formula is C18H37Cl2N3O. The molecular weight excluding hydrogens is 345 g/mol. The molecule has 0 aromatic heterocycles. The maximum atomic E-state index is 12.7. The second-order valence-electron chi connectivity index (χ2n) is 7.42. The molecule has 0 aromatic carbocycles. The Bertz CT molecular complexity index is 358. The summed E-state index contributed by atoms with van der Waals surface area (Å²) in [6.07, 6.45) is 7.94. The number of nitrogens with two attached hydrogens (primary N) is 1. The second-order valence-corrected chi connectivity index (χ2v) is 7.42. The highest BCUT2D eigenvalue weighted by molar-refractivity contribution is 5.85. The lowest BCUT2D eigenvalue weighted by atomic mass is 9.71. The summed E-state index contributed by atoms with van der Waals surface area (Å²) in [5.74, 6) is 1.01. The average Bonchev–Trinajstić information content (AvgIpc) is 3.02. The molecule has 0 bridgehead atoms. The van der Waals surface area contributed by atoms with Crippen LogP contribution >= 0.6 is 24.8 Å². The number of rotatable bonds is 7. The van der Waals surface area contributed by atoms with Crippen LogP contribution in [0.15, 0.2) is 0 Å². The van der Waals surface area contributed by atoms with Gasteiger partial charge in [0.1, 0.15) is 0 Å². The van der Waals surface area contributed by atoms with Gasteiger partial charge in [-0.3, -0.25) is 4.79 Å². The SMILES string of the molecule is CCN(CC)CC1CCN(C(=O)CC2(CN)CCCCC2)C1.Cl.Cl. The topological polar surface area (TPSA) is 49.6 Å². The normalized spacial score (nSPS) is 22.8.